The van der Waals surface area contributed by atoms with Crippen LogP contribution in [0.2, 0.25) is 0 Å². The standard InChI is InChI=1S/C9H18O/c1-8-3-4-9(2,7-8)5-6-10/h8,10H,3-7H2,1-2H3/t8?,9-/m0/s1. The first-order chi connectivity index (χ1) is 4.66. The molecule has 0 bridgehead atoms. The highest BCUT2D eigenvalue weighted by atomic mass is 16.3. The summed E-state index contributed by atoms with van der Waals surface area (Å²) in [5.41, 5.74) is 0.466. The van der Waals surface area contributed by atoms with E-state index >= 15 is 0 Å². The molecule has 0 aromatic carbocycles. The Balaban J connectivity index is 2.38. The molecule has 0 aliphatic heterocycles. The average molecular weight is 142 g/mol. The SMILES string of the molecule is CC1CC[C@@](C)(CCO)C1. The molecule has 1 aliphatic rings. The monoisotopic (exact) mass is 142 g/mol. The molecule has 0 heterocycles. The van der Waals surface area contributed by atoms with Gasteiger partial charge in [-0.1, -0.05) is 20.3 Å². The molecule has 1 aliphatic carbocycles. The van der Waals surface area contributed by atoms with Gasteiger partial charge < -0.3 is 5.11 Å². The minimum Gasteiger partial charge on any atom is -0.396 e. The van der Waals surface area contributed by atoms with Gasteiger partial charge in [-0.3, -0.25) is 0 Å². The van der Waals surface area contributed by atoms with Crippen LogP contribution in [-0.4, -0.2) is 11.7 Å². The van der Waals surface area contributed by atoms with Crippen molar-refractivity contribution >= 4 is 0 Å². The number of rotatable bonds is 2. The van der Waals surface area contributed by atoms with E-state index in [-0.39, 0.29) is 0 Å². The molecule has 0 aromatic heterocycles. The normalized spacial score (nSPS) is 40.5. The van der Waals surface area contributed by atoms with Crippen molar-refractivity contribution in [2.75, 3.05) is 6.61 Å². The number of aliphatic hydroxyl groups excluding tert-OH is 1. The molecule has 10 heavy (non-hydrogen) atoms. The third-order valence-electron chi connectivity index (χ3n) is 2.80. The van der Waals surface area contributed by atoms with Crippen LogP contribution in [0, 0.1) is 11.3 Å². The second-order valence-electron chi connectivity index (χ2n) is 4.13. The van der Waals surface area contributed by atoms with E-state index in [1.54, 1.807) is 0 Å². The zero-order valence-electron chi connectivity index (χ0n) is 7.06. The molecule has 60 valence electrons. The average Bonchev–Trinajstić information content (AvgIpc) is 2.12. The summed E-state index contributed by atoms with van der Waals surface area (Å²) in [5, 5.41) is 8.78. The first kappa shape index (κ1) is 8.06. The fourth-order valence-electron chi connectivity index (χ4n) is 2.14. The van der Waals surface area contributed by atoms with E-state index in [0.29, 0.717) is 12.0 Å². The van der Waals surface area contributed by atoms with Gasteiger partial charge in [-0.2, -0.15) is 0 Å². The summed E-state index contributed by atoms with van der Waals surface area (Å²) in [6.45, 7) is 4.97. The Hall–Kier alpha value is -0.0400. The molecule has 0 spiro atoms. The van der Waals surface area contributed by atoms with Gasteiger partial charge >= 0.3 is 0 Å². The zero-order valence-corrected chi connectivity index (χ0v) is 7.06. The van der Waals surface area contributed by atoms with Gasteiger partial charge in [0.1, 0.15) is 0 Å². The van der Waals surface area contributed by atoms with Crippen molar-refractivity contribution in [3.8, 4) is 0 Å². The highest BCUT2D eigenvalue weighted by Crippen LogP contribution is 2.43. The maximum Gasteiger partial charge on any atom is 0.0436 e. The molecule has 1 heteroatoms. The van der Waals surface area contributed by atoms with E-state index < -0.39 is 0 Å². The van der Waals surface area contributed by atoms with Crippen molar-refractivity contribution in [2.24, 2.45) is 11.3 Å². The number of hydrogen-bond acceptors (Lipinski definition) is 1. The van der Waals surface area contributed by atoms with Crippen LogP contribution in [0.4, 0.5) is 0 Å². The van der Waals surface area contributed by atoms with Crippen molar-refractivity contribution in [1.82, 2.24) is 0 Å². The second kappa shape index (κ2) is 2.91. The van der Waals surface area contributed by atoms with Crippen molar-refractivity contribution in [2.45, 2.75) is 39.5 Å². The third kappa shape index (κ3) is 1.72. The molecule has 1 rings (SSSR count). The van der Waals surface area contributed by atoms with Gasteiger partial charge in [0.2, 0.25) is 0 Å². The van der Waals surface area contributed by atoms with E-state index in [9.17, 15) is 0 Å². The summed E-state index contributed by atoms with van der Waals surface area (Å²) in [7, 11) is 0. The molecule has 1 N–H and O–H groups in total. The lowest BCUT2D eigenvalue weighted by Crippen LogP contribution is -2.13. The highest BCUT2D eigenvalue weighted by Gasteiger charge is 2.31. The molecule has 1 fully saturated rings. The van der Waals surface area contributed by atoms with Crippen molar-refractivity contribution in [1.29, 1.82) is 0 Å². The maximum atomic E-state index is 8.78. The summed E-state index contributed by atoms with van der Waals surface area (Å²) in [5.74, 6) is 0.886. The van der Waals surface area contributed by atoms with Crippen LogP contribution in [0.5, 0.6) is 0 Å². The Bertz CT molecular complexity index is 107. The minimum absolute atomic E-state index is 0.364. The molecular formula is C9H18O. The molecule has 0 amide bonds. The Kier molecular flexibility index (Phi) is 2.35. The van der Waals surface area contributed by atoms with E-state index in [0.717, 1.165) is 12.3 Å². The molecular weight excluding hydrogens is 124 g/mol. The van der Waals surface area contributed by atoms with Gasteiger partial charge in [-0.25, -0.2) is 0 Å². The van der Waals surface area contributed by atoms with Crippen LogP contribution >= 0.6 is 0 Å². The van der Waals surface area contributed by atoms with Crippen molar-refractivity contribution < 1.29 is 5.11 Å². The summed E-state index contributed by atoms with van der Waals surface area (Å²) in [4.78, 5) is 0. The summed E-state index contributed by atoms with van der Waals surface area (Å²) in [6.07, 6.45) is 4.98. The van der Waals surface area contributed by atoms with Gasteiger partial charge in [-0.05, 0) is 30.6 Å². The number of aliphatic hydroxyl groups is 1. The van der Waals surface area contributed by atoms with E-state index in [1.165, 1.54) is 19.3 Å². The first-order valence-electron chi connectivity index (χ1n) is 4.27. The molecule has 1 unspecified atom stereocenters. The fourth-order valence-corrected chi connectivity index (χ4v) is 2.14. The maximum absolute atomic E-state index is 8.78. The summed E-state index contributed by atoms with van der Waals surface area (Å²) in [6, 6.07) is 0. The van der Waals surface area contributed by atoms with Crippen LogP contribution in [0.15, 0.2) is 0 Å². The molecule has 1 nitrogen and oxygen atoms in total. The largest absolute Gasteiger partial charge is 0.396 e. The lowest BCUT2D eigenvalue weighted by Gasteiger charge is -2.22. The van der Waals surface area contributed by atoms with Crippen molar-refractivity contribution in [3.05, 3.63) is 0 Å². The Labute approximate surface area is 63.4 Å². The van der Waals surface area contributed by atoms with Crippen molar-refractivity contribution in [3.63, 3.8) is 0 Å². The predicted octanol–water partition coefficient (Wildman–Crippen LogP) is 2.20. The molecule has 0 aromatic rings. The summed E-state index contributed by atoms with van der Waals surface area (Å²) >= 11 is 0. The molecule has 1 saturated carbocycles. The fraction of sp³-hybridized carbons (Fsp3) is 1.00. The van der Waals surface area contributed by atoms with Gasteiger partial charge in [0.25, 0.3) is 0 Å². The lowest BCUT2D eigenvalue weighted by atomic mass is 9.85. The van der Waals surface area contributed by atoms with Crippen LogP contribution in [0.25, 0.3) is 0 Å². The molecule has 2 atom stereocenters. The minimum atomic E-state index is 0.364. The van der Waals surface area contributed by atoms with E-state index in [4.69, 9.17) is 5.11 Å². The Morgan fingerprint density at radius 3 is 2.70 bits per heavy atom. The summed E-state index contributed by atoms with van der Waals surface area (Å²) < 4.78 is 0. The third-order valence-corrected chi connectivity index (χ3v) is 2.80. The lowest BCUT2D eigenvalue weighted by molar-refractivity contribution is 0.197. The Morgan fingerprint density at radius 2 is 2.30 bits per heavy atom. The van der Waals surface area contributed by atoms with Gasteiger partial charge in [0.05, 0.1) is 0 Å². The van der Waals surface area contributed by atoms with Crippen LogP contribution in [0.3, 0.4) is 0 Å². The highest BCUT2D eigenvalue weighted by molar-refractivity contribution is 4.83. The predicted molar refractivity (Wildman–Crippen MR) is 42.8 cm³/mol. The van der Waals surface area contributed by atoms with Crippen LogP contribution in [-0.2, 0) is 0 Å². The quantitative estimate of drug-likeness (QED) is 0.626. The topological polar surface area (TPSA) is 20.2 Å². The van der Waals surface area contributed by atoms with E-state index in [2.05, 4.69) is 13.8 Å². The first-order valence-corrected chi connectivity index (χ1v) is 4.27. The Morgan fingerprint density at radius 1 is 1.60 bits per heavy atom. The second-order valence-corrected chi connectivity index (χ2v) is 4.13. The van der Waals surface area contributed by atoms with Crippen LogP contribution in [0.1, 0.15) is 39.5 Å². The van der Waals surface area contributed by atoms with Gasteiger partial charge in [-0.15, -0.1) is 0 Å². The zero-order chi connectivity index (χ0) is 7.61. The van der Waals surface area contributed by atoms with Crippen LogP contribution < -0.4 is 0 Å². The van der Waals surface area contributed by atoms with Gasteiger partial charge in [0.15, 0.2) is 0 Å². The van der Waals surface area contributed by atoms with E-state index in [1.807, 2.05) is 0 Å². The van der Waals surface area contributed by atoms with Gasteiger partial charge in [0, 0.05) is 6.61 Å². The molecule has 0 radical (unpaired) electrons. The smallest absolute Gasteiger partial charge is 0.0436 e. The number of hydrogen-bond donors (Lipinski definition) is 1. The molecule has 0 saturated heterocycles.